The molecule has 0 amide bonds. The Hall–Kier alpha value is -0.120. The highest BCUT2D eigenvalue weighted by molar-refractivity contribution is 4.88. The maximum absolute atomic E-state index is 6.29. The summed E-state index contributed by atoms with van der Waals surface area (Å²) in [6, 6.07) is 0.982. The van der Waals surface area contributed by atoms with Crippen molar-refractivity contribution >= 4 is 0 Å². The first-order valence-electron chi connectivity index (χ1n) is 7.15. The fourth-order valence-corrected chi connectivity index (χ4v) is 2.96. The zero-order valence-electron chi connectivity index (χ0n) is 12.2. The van der Waals surface area contributed by atoms with Gasteiger partial charge in [0.1, 0.15) is 0 Å². The molecule has 0 aromatic heterocycles. The fourth-order valence-electron chi connectivity index (χ4n) is 2.96. The van der Waals surface area contributed by atoms with E-state index in [1.807, 2.05) is 0 Å². The van der Waals surface area contributed by atoms with Crippen molar-refractivity contribution in [2.24, 2.45) is 11.7 Å². The van der Waals surface area contributed by atoms with Gasteiger partial charge in [0.05, 0.1) is 0 Å². The lowest BCUT2D eigenvalue weighted by Gasteiger charge is -2.40. The molecule has 1 fully saturated rings. The maximum atomic E-state index is 6.29. The second-order valence-corrected chi connectivity index (χ2v) is 5.98. The number of hydrogen-bond donors (Lipinski definition) is 1. The molecule has 0 bridgehead atoms. The van der Waals surface area contributed by atoms with Crippen LogP contribution in [0.1, 0.15) is 39.0 Å². The van der Waals surface area contributed by atoms with Crippen LogP contribution in [-0.2, 0) is 0 Å². The topological polar surface area (TPSA) is 32.5 Å². The molecule has 0 heterocycles. The van der Waals surface area contributed by atoms with E-state index in [2.05, 4.69) is 37.9 Å². The molecule has 1 aliphatic rings. The van der Waals surface area contributed by atoms with E-state index in [1.54, 1.807) is 0 Å². The van der Waals surface area contributed by atoms with Crippen LogP contribution < -0.4 is 5.73 Å². The quantitative estimate of drug-likeness (QED) is 0.769. The lowest BCUT2D eigenvalue weighted by atomic mass is 9.80. The molecule has 1 rings (SSSR count). The summed E-state index contributed by atoms with van der Waals surface area (Å²) in [7, 11) is 6.51. The van der Waals surface area contributed by atoms with E-state index < -0.39 is 0 Å². The first-order chi connectivity index (χ1) is 8.04. The van der Waals surface area contributed by atoms with E-state index >= 15 is 0 Å². The van der Waals surface area contributed by atoms with Gasteiger partial charge >= 0.3 is 0 Å². The predicted octanol–water partition coefficient (Wildman–Crippen LogP) is 1.78. The van der Waals surface area contributed by atoms with Crippen molar-refractivity contribution in [2.75, 3.05) is 34.2 Å². The van der Waals surface area contributed by atoms with Crippen LogP contribution >= 0.6 is 0 Å². The van der Waals surface area contributed by atoms with Crippen LogP contribution in [0.4, 0.5) is 0 Å². The van der Waals surface area contributed by atoms with Gasteiger partial charge in [-0.2, -0.15) is 0 Å². The largest absolute Gasteiger partial charge is 0.326 e. The first kappa shape index (κ1) is 14.9. The summed E-state index contributed by atoms with van der Waals surface area (Å²) in [5, 5.41) is 0. The number of nitrogens with two attached hydrogens (primary N) is 1. The van der Waals surface area contributed by atoms with Gasteiger partial charge in [0.2, 0.25) is 0 Å². The average molecular weight is 241 g/mol. The van der Waals surface area contributed by atoms with Gasteiger partial charge in [0, 0.05) is 25.2 Å². The Labute approximate surface area is 107 Å². The molecule has 3 heteroatoms. The summed E-state index contributed by atoms with van der Waals surface area (Å²) >= 11 is 0. The molecule has 0 aliphatic heterocycles. The van der Waals surface area contributed by atoms with Gasteiger partial charge in [-0.1, -0.05) is 19.8 Å². The zero-order valence-corrected chi connectivity index (χ0v) is 12.2. The Kier molecular flexibility index (Phi) is 6.45. The monoisotopic (exact) mass is 241 g/mol. The standard InChI is InChI=1S/C14H31N3/c1-5-6-12-7-8-13(15)14(11-12)17(4)10-9-16(2)3/h12-14H,5-11,15H2,1-4H3. The smallest absolute Gasteiger partial charge is 0.0247 e. The molecular weight excluding hydrogens is 210 g/mol. The number of nitrogens with zero attached hydrogens (tertiary/aromatic N) is 2. The predicted molar refractivity (Wildman–Crippen MR) is 75.2 cm³/mol. The van der Waals surface area contributed by atoms with Gasteiger partial charge in [0.25, 0.3) is 0 Å². The van der Waals surface area contributed by atoms with Crippen molar-refractivity contribution in [2.45, 2.75) is 51.1 Å². The Morgan fingerprint density at radius 2 is 1.82 bits per heavy atom. The Morgan fingerprint density at radius 1 is 1.12 bits per heavy atom. The number of hydrogen-bond acceptors (Lipinski definition) is 3. The highest BCUT2D eigenvalue weighted by Crippen LogP contribution is 2.29. The summed E-state index contributed by atoms with van der Waals surface area (Å²) in [5.41, 5.74) is 6.29. The van der Waals surface area contributed by atoms with Crippen molar-refractivity contribution in [3.8, 4) is 0 Å². The first-order valence-corrected chi connectivity index (χ1v) is 7.15. The molecule has 0 saturated heterocycles. The summed E-state index contributed by atoms with van der Waals surface area (Å²) < 4.78 is 0. The van der Waals surface area contributed by atoms with Crippen LogP contribution in [-0.4, -0.2) is 56.1 Å². The second kappa shape index (κ2) is 7.34. The van der Waals surface area contributed by atoms with Crippen LogP contribution in [0.5, 0.6) is 0 Å². The number of rotatable bonds is 6. The molecule has 3 unspecified atom stereocenters. The Morgan fingerprint density at radius 3 is 2.41 bits per heavy atom. The summed E-state index contributed by atoms with van der Waals surface area (Å²) in [4.78, 5) is 4.72. The van der Waals surface area contributed by atoms with Gasteiger partial charge in [-0.15, -0.1) is 0 Å². The number of likely N-dealkylation sites (N-methyl/N-ethyl adjacent to an activating group) is 2. The van der Waals surface area contributed by atoms with Crippen LogP contribution in [0, 0.1) is 5.92 Å². The molecule has 0 radical (unpaired) electrons. The molecule has 17 heavy (non-hydrogen) atoms. The van der Waals surface area contributed by atoms with Crippen LogP contribution in [0.25, 0.3) is 0 Å². The molecule has 3 atom stereocenters. The minimum atomic E-state index is 0.385. The van der Waals surface area contributed by atoms with E-state index in [0.717, 1.165) is 19.0 Å². The SMILES string of the molecule is CCCC1CCC(N)C(N(C)CCN(C)C)C1. The lowest BCUT2D eigenvalue weighted by Crippen LogP contribution is -2.51. The van der Waals surface area contributed by atoms with E-state index in [9.17, 15) is 0 Å². The van der Waals surface area contributed by atoms with Crippen molar-refractivity contribution in [3.05, 3.63) is 0 Å². The molecule has 2 N–H and O–H groups in total. The van der Waals surface area contributed by atoms with E-state index in [1.165, 1.54) is 32.1 Å². The fraction of sp³-hybridized carbons (Fsp3) is 1.00. The molecule has 1 aliphatic carbocycles. The van der Waals surface area contributed by atoms with Gasteiger partial charge in [0.15, 0.2) is 0 Å². The average Bonchev–Trinajstić information content (AvgIpc) is 2.29. The van der Waals surface area contributed by atoms with Crippen molar-refractivity contribution in [1.29, 1.82) is 0 Å². The van der Waals surface area contributed by atoms with Gasteiger partial charge < -0.3 is 15.5 Å². The van der Waals surface area contributed by atoms with Crippen molar-refractivity contribution in [1.82, 2.24) is 9.80 Å². The third-order valence-corrected chi connectivity index (χ3v) is 4.14. The molecule has 102 valence electrons. The highest BCUT2D eigenvalue weighted by atomic mass is 15.2. The molecule has 0 aromatic carbocycles. The molecular formula is C14H31N3. The Balaban J connectivity index is 2.42. The van der Waals surface area contributed by atoms with Gasteiger partial charge in [-0.25, -0.2) is 0 Å². The lowest BCUT2D eigenvalue weighted by molar-refractivity contribution is 0.125. The molecule has 0 spiro atoms. The molecule has 1 saturated carbocycles. The van der Waals surface area contributed by atoms with E-state index in [4.69, 9.17) is 5.73 Å². The van der Waals surface area contributed by atoms with Gasteiger partial charge in [-0.05, 0) is 46.3 Å². The third-order valence-electron chi connectivity index (χ3n) is 4.14. The minimum absolute atomic E-state index is 0.385. The second-order valence-electron chi connectivity index (χ2n) is 5.98. The maximum Gasteiger partial charge on any atom is 0.0247 e. The van der Waals surface area contributed by atoms with Crippen LogP contribution in [0.2, 0.25) is 0 Å². The molecule has 0 aromatic rings. The van der Waals surface area contributed by atoms with E-state index in [-0.39, 0.29) is 0 Å². The highest BCUT2D eigenvalue weighted by Gasteiger charge is 2.30. The third kappa shape index (κ3) is 4.94. The normalized spacial score (nSPS) is 30.2. The summed E-state index contributed by atoms with van der Waals surface area (Å²) in [6.45, 7) is 4.54. The zero-order chi connectivity index (χ0) is 12.8. The minimum Gasteiger partial charge on any atom is -0.326 e. The van der Waals surface area contributed by atoms with Crippen molar-refractivity contribution < 1.29 is 0 Å². The van der Waals surface area contributed by atoms with Crippen LogP contribution in [0.3, 0.4) is 0 Å². The molecule has 3 nitrogen and oxygen atoms in total. The van der Waals surface area contributed by atoms with Crippen LogP contribution in [0.15, 0.2) is 0 Å². The summed E-state index contributed by atoms with van der Waals surface area (Å²) in [6.07, 6.45) is 6.55. The van der Waals surface area contributed by atoms with E-state index in [0.29, 0.717) is 12.1 Å². The summed E-state index contributed by atoms with van der Waals surface area (Å²) in [5.74, 6) is 0.909. The Bertz CT molecular complexity index is 206. The van der Waals surface area contributed by atoms with Gasteiger partial charge in [-0.3, -0.25) is 0 Å². The van der Waals surface area contributed by atoms with Crippen molar-refractivity contribution in [3.63, 3.8) is 0 Å².